The number of fused-ring (bicyclic) bond motifs is 1. The van der Waals surface area contributed by atoms with E-state index < -0.39 is 5.91 Å². The number of azide groups is 1. The number of hydrogen-bond acceptors (Lipinski definition) is 2. The second-order valence-corrected chi connectivity index (χ2v) is 3.25. The third-order valence-electron chi connectivity index (χ3n) is 2.11. The van der Waals surface area contributed by atoms with Gasteiger partial charge in [-0.05, 0) is 28.3 Å². The Kier molecular flexibility index (Phi) is 2.49. The first-order chi connectivity index (χ1) is 7.69. The number of amides is 2. The van der Waals surface area contributed by atoms with Gasteiger partial charge < -0.3 is 0 Å². The van der Waals surface area contributed by atoms with Crippen LogP contribution in [-0.2, 0) is 16.0 Å². The van der Waals surface area contributed by atoms with Gasteiger partial charge in [-0.1, -0.05) is 6.07 Å². The van der Waals surface area contributed by atoms with Gasteiger partial charge in [0.25, 0.3) is 5.91 Å². The van der Waals surface area contributed by atoms with Crippen molar-refractivity contribution in [3.8, 4) is 0 Å². The highest BCUT2D eigenvalue weighted by Crippen LogP contribution is 1.97. The van der Waals surface area contributed by atoms with Crippen LogP contribution in [0.1, 0.15) is 5.56 Å². The van der Waals surface area contributed by atoms with E-state index in [2.05, 4.69) is 15.0 Å². The number of benzene rings is 1. The molecule has 6 heteroatoms. The number of nitrogens with zero attached hydrogens (tertiary/aromatic N) is 4. The van der Waals surface area contributed by atoms with Crippen molar-refractivity contribution in [3.63, 3.8) is 0 Å². The van der Waals surface area contributed by atoms with E-state index >= 15 is 0 Å². The zero-order chi connectivity index (χ0) is 11.5. The summed E-state index contributed by atoms with van der Waals surface area (Å²) in [5.41, 5.74) is 8.77. The van der Waals surface area contributed by atoms with Gasteiger partial charge in [-0.15, -0.1) is 0 Å². The number of carbonyl (C=O) groups is 2. The van der Waals surface area contributed by atoms with Gasteiger partial charge in [-0.3, -0.25) is 9.59 Å². The van der Waals surface area contributed by atoms with Crippen molar-refractivity contribution in [2.45, 2.75) is 6.42 Å². The SMILES string of the molecule is [N-]=[N+]=NC(=O)Cc1ccc2c(c1)=CC(=O)N=2. The molecule has 0 saturated heterocycles. The first-order valence-corrected chi connectivity index (χ1v) is 4.50. The second kappa shape index (κ2) is 3.96. The van der Waals surface area contributed by atoms with E-state index in [0.29, 0.717) is 16.1 Å². The lowest BCUT2D eigenvalue weighted by Crippen LogP contribution is -2.21. The van der Waals surface area contributed by atoms with Crippen LogP contribution >= 0.6 is 0 Å². The highest BCUT2D eigenvalue weighted by Gasteiger charge is 2.05. The van der Waals surface area contributed by atoms with Gasteiger partial charge in [0.15, 0.2) is 0 Å². The maximum atomic E-state index is 11.1. The van der Waals surface area contributed by atoms with Crippen molar-refractivity contribution in [1.29, 1.82) is 0 Å². The van der Waals surface area contributed by atoms with E-state index in [0.717, 1.165) is 0 Å². The van der Waals surface area contributed by atoms with Crippen molar-refractivity contribution in [2.75, 3.05) is 0 Å². The van der Waals surface area contributed by atoms with Crippen LogP contribution in [0.25, 0.3) is 16.5 Å². The lowest BCUT2D eigenvalue weighted by Gasteiger charge is -1.95. The normalized spacial score (nSPS) is 12.1. The summed E-state index contributed by atoms with van der Waals surface area (Å²) < 4.78 is 0. The summed E-state index contributed by atoms with van der Waals surface area (Å²) in [6.07, 6.45) is 1.43. The predicted molar refractivity (Wildman–Crippen MR) is 54.6 cm³/mol. The molecular formula is C10H6N4O2. The molecule has 0 N–H and O–H groups in total. The Morgan fingerprint density at radius 2 is 2.31 bits per heavy atom. The standard InChI is InChI=1S/C10H6N4O2/c11-14-13-10(16)4-6-1-2-8-7(3-6)5-9(15)12-8/h1-3,5H,4H2. The predicted octanol–water partition coefficient (Wildman–Crippen LogP) is 0.00630. The summed E-state index contributed by atoms with van der Waals surface area (Å²) >= 11 is 0. The van der Waals surface area contributed by atoms with Crippen molar-refractivity contribution in [3.05, 3.63) is 44.8 Å². The van der Waals surface area contributed by atoms with E-state index in [9.17, 15) is 9.59 Å². The molecule has 0 spiro atoms. The largest absolute Gasteiger partial charge is 0.292 e. The molecule has 2 amide bonds. The molecule has 2 rings (SSSR count). The molecule has 0 unspecified atom stereocenters. The van der Waals surface area contributed by atoms with Crippen molar-refractivity contribution < 1.29 is 9.59 Å². The number of carbonyl (C=O) groups excluding carboxylic acids is 2. The van der Waals surface area contributed by atoms with Crippen molar-refractivity contribution >= 4 is 17.9 Å². The molecule has 1 aromatic carbocycles. The molecule has 78 valence electrons. The van der Waals surface area contributed by atoms with Gasteiger partial charge in [0, 0.05) is 22.6 Å². The Balaban J connectivity index is 2.34. The zero-order valence-electron chi connectivity index (χ0n) is 8.12. The Morgan fingerprint density at radius 1 is 1.50 bits per heavy atom. The van der Waals surface area contributed by atoms with E-state index in [1.54, 1.807) is 18.2 Å². The maximum absolute atomic E-state index is 11.1. The van der Waals surface area contributed by atoms with Gasteiger partial charge >= 0.3 is 0 Å². The third kappa shape index (κ3) is 1.97. The molecule has 1 aliphatic rings. The van der Waals surface area contributed by atoms with Gasteiger partial charge in [0.05, 0.1) is 5.36 Å². The van der Waals surface area contributed by atoms with E-state index in [4.69, 9.17) is 5.53 Å². The summed E-state index contributed by atoms with van der Waals surface area (Å²) in [5, 5.41) is 4.26. The Labute approximate surface area is 89.5 Å². The average Bonchev–Trinajstić information content (AvgIpc) is 2.57. The first kappa shape index (κ1) is 10.1. The van der Waals surface area contributed by atoms with Crippen molar-refractivity contribution in [2.24, 2.45) is 10.1 Å². The van der Waals surface area contributed by atoms with Gasteiger partial charge in [-0.2, -0.15) is 0 Å². The minimum absolute atomic E-state index is 0.0272. The molecule has 0 aromatic heterocycles. The highest BCUT2D eigenvalue weighted by molar-refractivity contribution is 6.06. The summed E-state index contributed by atoms with van der Waals surface area (Å²) in [5.74, 6) is -0.850. The average molecular weight is 214 g/mol. The fourth-order valence-electron chi connectivity index (χ4n) is 1.48. The highest BCUT2D eigenvalue weighted by atomic mass is 16.2. The third-order valence-corrected chi connectivity index (χ3v) is 2.11. The molecule has 0 atom stereocenters. The molecule has 0 radical (unpaired) electrons. The first-order valence-electron chi connectivity index (χ1n) is 4.50. The van der Waals surface area contributed by atoms with Crippen LogP contribution in [0, 0.1) is 0 Å². The molecule has 0 bridgehead atoms. The van der Waals surface area contributed by atoms with Crippen LogP contribution in [0.5, 0.6) is 0 Å². The molecule has 1 aliphatic heterocycles. The van der Waals surface area contributed by atoms with Crippen molar-refractivity contribution in [1.82, 2.24) is 0 Å². The summed E-state index contributed by atoms with van der Waals surface area (Å²) in [4.78, 5) is 28.2. The van der Waals surface area contributed by atoms with Crippen LogP contribution in [-0.4, -0.2) is 11.8 Å². The van der Waals surface area contributed by atoms with Gasteiger partial charge in [0.2, 0.25) is 5.91 Å². The summed E-state index contributed by atoms with van der Waals surface area (Å²) in [7, 11) is 0. The second-order valence-electron chi connectivity index (χ2n) is 3.25. The lowest BCUT2D eigenvalue weighted by molar-refractivity contribution is -0.117. The van der Waals surface area contributed by atoms with Gasteiger partial charge in [-0.25, -0.2) is 4.99 Å². The maximum Gasteiger partial charge on any atom is 0.270 e. The van der Waals surface area contributed by atoms with E-state index in [1.807, 2.05) is 0 Å². The van der Waals surface area contributed by atoms with E-state index in [1.165, 1.54) is 6.08 Å². The minimum Gasteiger partial charge on any atom is -0.292 e. The zero-order valence-corrected chi connectivity index (χ0v) is 8.12. The smallest absolute Gasteiger partial charge is 0.270 e. The minimum atomic E-state index is -0.552. The van der Waals surface area contributed by atoms with Crippen LogP contribution in [0.2, 0.25) is 0 Å². The number of hydrogen-bond donors (Lipinski definition) is 0. The monoisotopic (exact) mass is 214 g/mol. The quantitative estimate of drug-likeness (QED) is 0.393. The van der Waals surface area contributed by atoms with Crippen LogP contribution < -0.4 is 10.6 Å². The van der Waals surface area contributed by atoms with Gasteiger partial charge in [0.1, 0.15) is 0 Å². The molecule has 16 heavy (non-hydrogen) atoms. The van der Waals surface area contributed by atoms with Crippen LogP contribution in [0.4, 0.5) is 0 Å². The van der Waals surface area contributed by atoms with Crippen LogP contribution in [0.3, 0.4) is 0 Å². The fourth-order valence-corrected chi connectivity index (χ4v) is 1.48. The molecule has 0 aliphatic carbocycles. The molecule has 0 fully saturated rings. The summed E-state index contributed by atoms with van der Waals surface area (Å²) in [6, 6.07) is 5.03. The molecule has 0 saturated carbocycles. The lowest BCUT2D eigenvalue weighted by atomic mass is 10.1. The van der Waals surface area contributed by atoms with E-state index in [-0.39, 0.29) is 12.3 Å². The fraction of sp³-hybridized carbons (Fsp3) is 0.100. The number of rotatable bonds is 2. The molecule has 6 nitrogen and oxygen atoms in total. The Hall–Kier alpha value is -2.46. The Morgan fingerprint density at radius 3 is 3.06 bits per heavy atom. The molecule has 1 aromatic rings. The van der Waals surface area contributed by atoms with Crippen LogP contribution in [0.15, 0.2) is 28.3 Å². The topological polar surface area (TPSA) is 95.3 Å². The summed E-state index contributed by atoms with van der Waals surface area (Å²) in [6.45, 7) is 0. The molecule has 1 heterocycles. The molecular weight excluding hydrogens is 208 g/mol. The Bertz CT molecular complexity index is 641.